The highest BCUT2D eigenvalue weighted by molar-refractivity contribution is 4.98. The van der Waals surface area contributed by atoms with Crippen molar-refractivity contribution < 1.29 is 4.74 Å². The number of aryl methyl sites for hydroxylation is 1. The van der Waals surface area contributed by atoms with Crippen LogP contribution in [0.1, 0.15) is 26.5 Å². The molecular formula is C11H21N3O. The van der Waals surface area contributed by atoms with Gasteiger partial charge in [-0.2, -0.15) is 5.10 Å². The summed E-state index contributed by atoms with van der Waals surface area (Å²) >= 11 is 0. The number of hydrogen-bond donors (Lipinski definition) is 1. The lowest BCUT2D eigenvalue weighted by molar-refractivity contribution is -0.000925. The van der Waals surface area contributed by atoms with Crippen LogP contribution in [0.3, 0.4) is 0 Å². The molecule has 0 atom stereocenters. The minimum Gasteiger partial charge on any atom is -0.375 e. The lowest BCUT2D eigenvalue weighted by atomic mass is 10.2. The summed E-state index contributed by atoms with van der Waals surface area (Å²) in [6.07, 6.45) is 1.81. The Balaban J connectivity index is 2.10. The lowest BCUT2D eigenvalue weighted by Crippen LogP contribution is -2.26. The summed E-state index contributed by atoms with van der Waals surface area (Å²) in [6, 6.07) is 2.01. The maximum Gasteiger partial charge on any atom is 0.0599 e. The Labute approximate surface area is 91.6 Å². The van der Waals surface area contributed by atoms with Crippen molar-refractivity contribution >= 4 is 0 Å². The topological polar surface area (TPSA) is 39.1 Å². The molecule has 1 rings (SSSR count). The molecule has 15 heavy (non-hydrogen) atoms. The molecular weight excluding hydrogens is 190 g/mol. The Bertz CT molecular complexity index is 288. The molecule has 4 nitrogen and oxygen atoms in total. The summed E-state index contributed by atoms with van der Waals surface area (Å²) in [7, 11) is 1.95. The minimum absolute atomic E-state index is 0.0474. The number of ether oxygens (including phenoxy) is 1. The second-order valence-electron chi connectivity index (χ2n) is 4.58. The lowest BCUT2D eigenvalue weighted by Gasteiger charge is -2.19. The van der Waals surface area contributed by atoms with Crippen LogP contribution in [0.4, 0.5) is 0 Å². The molecule has 0 aromatic carbocycles. The van der Waals surface area contributed by atoms with Gasteiger partial charge in [-0.05, 0) is 26.8 Å². The fourth-order valence-electron chi connectivity index (χ4n) is 1.22. The molecule has 0 spiro atoms. The fourth-order valence-corrected chi connectivity index (χ4v) is 1.22. The highest BCUT2D eigenvalue weighted by Gasteiger charge is 2.08. The van der Waals surface area contributed by atoms with E-state index in [9.17, 15) is 0 Å². The SMILES string of the molecule is Cn1nccc1CNCCOC(C)(C)C. The molecule has 4 heteroatoms. The van der Waals surface area contributed by atoms with Gasteiger partial charge in [0.2, 0.25) is 0 Å². The van der Waals surface area contributed by atoms with Crippen molar-refractivity contribution in [1.29, 1.82) is 0 Å². The Hall–Kier alpha value is -0.870. The number of nitrogens with zero attached hydrogens (tertiary/aromatic N) is 2. The molecule has 1 aromatic rings. The quantitative estimate of drug-likeness (QED) is 0.747. The highest BCUT2D eigenvalue weighted by atomic mass is 16.5. The first kappa shape index (κ1) is 12.2. The zero-order chi connectivity index (χ0) is 11.3. The van der Waals surface area contributed by atoms with E-state index in [-0.39, 0.29) is 5.60 Å². The van der Waals surface area contributed by atoms with Gasteiger partial charge in [0.1, 0.15) is 0 Å². The van der Waals surface area contributed by atoms with Crippen LogP contribution in [0.15, 0.2) is 12.3 Å². The van der Waals surface area contributed by atoms with Gasteiger partial charge in [0, 0.05) is 26.3 Å². The molecule has 0 bridgehead atoms. The Morgan fingerprint density at radius 2 is 2.20 bits per heavy atom. The number of nitrogens with one attached hydrogen (secondary N) is 1. The third-order valence-corrected chi connectivity index (χ3v) is 2.04. The Kier molecular flexibility index (Phi) is 4.29. The summed E-state index contributed by atoms with van der Waals surface area (Å²) < 4.78 is 7.47. The van der Waals surface area contributed by atoms with Crippen LogP contribution < -0.4 is 5.32 Å². The predicted molar refractivity (Wildman–Crippen MR) is 60.6 cm³/mol. The maximum atomic E-state index is 5.59. The molecule has 0 saturated carbocycles. The highest BCUT2D eigenvalue weighted by Crippen LogP contribution is 2.05. The molecule has 0 aliphatic rings. The van der Waals surface area contributed by atoms with Crippen LogP contribution in [0.2, 0.25) is 0 Å². The Morgan fingerprint density at radius 3 is 2.73 bits per heavy atom. The van der Waals surface area contributed by atoms with Crippen molar-refractivity contribution in [3.63, 3.8) is 0 Å². The van der Waals surface area contributed by atoms with Crippen LogP contribution in [-0.2, 0) is 18.3 Å². The molecule has 0 fully saturated rings. The van der Waals surface area contributed by atoms with Crippen LogP contribution in [0.5, 0.6) is 0 Å². The van der Waals surface area contributed by atoms with Crippen molar-refractivity contribution in [1.82, 2.24) is 15.1 Å². The first-order valence-corrected chi connectivity index (χ1v) is 5.30. The van der Waals surface area contributed by atoms with E-state index in [1.165, 1.54) is 5.69 Å². The molecule has 86 valence electrons. The number of rotatable bonds is 5. The summed E-state index contributed by atoms with van der Waals surface area (Å²) in [5.41, 5.74) is 1.14. The summed E-state index contributed by atoms with van der Waals surface area (Å²) in [5, 5.41) is 7.42. The molecule has 1 aromatic heterocycles. The standard InChI is InChI=1S/C11H21N3O/c1-11(2,3)15-8-7-12-9-10-5-6-13-14(10)4/h5-6,12H,7-9H2,1-4H3. The van der Waals surface area contributed by atoms with Gasteiger partial charge in [-0.3, -0.25) is 4.68 Å². The molecule has 0 aliphatic carbocycles. The molecule has 0 aliphatic heterocycles. The minimum atomic E-state index is -0.0474. The van der Waals surface area contributed by atoms with Gasteiger partial charge in [-0.15, -0.1) is 0 Å². The average Bonchev–Trinajstić information content (AvgIpc) is 2.49. The van der Waals surface area contributed by atoms with Gasteiger partial charge in [0.05, 0.1) is 17.9 Å². The predicted octanol–water partition coefficient (Wildman–Crippen LogP) is 1.32. The fraction of sp³-hybridized carbons (Fsp3) is 0.727. The van der Waals surface area contributed by atoms with Gasteiger partial charge in [-0.25, -0.2) is 0 Å². The summed E-state index contributed by atoms with van der Waals surface area (Å²) in [4.78, 5) is 0. The molecule has 0 unspecified atom stereocenters. The van der Waals surface area contributed by atoms with Gasteiger partial charge in [-0.1, -0.05) is 0 Å². The van der Waals surface area contributed by atoms with E-state index in [2.05, 4.69) is 31.2 Å². The molecule has 1 N–H and O–H groups in total. The summed E-state index contributed by atoms with van der Waals surface area (Å²) in [6.45, 7) is 8.63. The molecule has 0 saturated heterocycles. The molecule has 0 amide bonds. The van der Waals surface area contributed by atoms with E-state index in [4.69, 9.17) is 4.74 Å². The average molecular weight is 211 g/mol. The third kappa shape index (κ3) is 4.95. The molecule has 1 heterocycles. The zero-order valence-electron chi connectivity index (χ0n) is 10.1. The molecule has 0 radical (unpaired) electrons. The normalized spacial score (nSPS) is 12.0. The van der Waals surface area contributed by atoms with Gasteiger partial charge in [0.15, 0.2) is 0 Å². The van der Waals surface area contributed by atoms with Crippen LogP contribution in [0.25, 0.3) is 0 Å². The van der Waals surface area contributed by atoms with E-state index in [1.807, 2.05) is 24.0 Å². The van der Waals surface area contributed by atoms with E-state index < -0.39 is 0 Å². The van der Waals surface area contributed by atoms with Gasteiger partial charge in [0.25, 0.3) is 0 Å². The second-order valence-corrected chi connectivity index (χ2v) is 4.58. The van der Waals surface area contributed by atoms with Gasteiger partial charge < -0.3 is 10.1 Å². The van der Waals surface area contributed by atoms with Gasteiger partial charge >= 0.3 is 0 Å². The van der Waals surface area contributed by atoms with E-state index in [0.717, 1.165) is 19.7 Å². The second kappa shape index (κ2) is 5.28. The number of aromatic nitrogens is 2. The van der Waals surface area contributed by atoms with Crippen molar-refractivity contribution in [3.05, 3.63) is 18.0 Å². The van der Waals surface area contributed by atoms with E-state index >= 15 is 0 Å². The Morgan fingerprint density at radius 1 is 1.47 bits per heavy atom. The first-order valence-electron chi connectivity index (χ1n) is 5.30. The van der Waals surface area contributed by atoms with E-state index in [1.54, 1.807) is 0 Å². The maximum absolute atomic E-state index is 5.59. The zero-order valence-corrected chi connectivity index (χ0v) is 10.1. The van der Waals surface area contributed by atoms with Crippen LogP contribution in [0, 0.1) is 0 Å². The smallest absolute Gasteiger partial charge is 0.0599 e. The van der Waals surface area contributed by atoms with Crippen molar-refractivity contribution in [2.24, 2.45) is 7.05 Å². The van der Waals surface area contributed by atoms with Crippen LogP contribution >= 0.6 is 0 Å². The largest absolute Gasteiger partial charge is 0.375 e. The van der Waals surface area contributed by atoms with E-state index in [0.29, 0.717) is 0 Å². The monoisotopic (exact) mass is 211 g/mol. The van der Waals surface area contributed by atoms with Crippen molar-refractivity contribution in [2.75, 3.05) is 13.2 Å². The third-order valence-electron chi connectivity index (χ3n) is 2.04. The number of hydrogen-bond acceptors (Lipinski definition) is 3. The van der Waals surface area contributed by atoms with Crippen molar-refractivity contribution in [2.45, 2.75) is 32.9 Å². The van der Waals surface area contributed by atoms with Crippen LogP contribution in [-0.4, -0.2) is 28.5 Å². The first-order chi connectivity index (χ1) is 6.99. The van der Waals surface area contributed by atoms with Crippen molar-refractivity contribution in [3.8, 4) is 0 Å². The summed E-state index contributed by atoms with van der Waals surface area (Å²) in [5.74, 6) is 0.